The van der Waals surface area contributed by atoms with Crippen molar-refractivity contribution in [1.29, 1.82) is 0 Å². The van der Waals surface area contributed by atoms with Crippen molar-refractivity contribution >= 4 is 32.9 Å². The number of halogens is 6. The van der Waals surface area contributed by atoms with Crippen LogP contribution in [0.3, 0.4) is 0 Å². The van der Waals surface area contributed by atoms with Gasteiger partial charge in [-0.2, -0.15) is 43.6 Å². The zero-order valence-electron chi connectivity index (χ0n) is 16.8. The van der Waals surface area contributed by atoms with Gasteiger partial charge in [-0.15, -0.1) is 5.38 Å². The van der Waals surface area contributed by atoms with Gasteiger partial charge in [0.05, 0.1) is 16.8 Å². The molecule has 0 N–H and O–H groups in total. The third kappa shape index (κ3) is 4.33. The summed E-state index contributed by atoms with van der Waals surface area (Å²) in [6, 6.07) is 17.7. The van der Waals surface area contributed by atoms with Crippen molar-refractivity contribution in [3.05, 3.63) is 83.2 Å². The second-order valence-electron chi connectivity index (χ2n) is 7.29. The second kappa shape index (κ2) is 8.76. The van der Waals surface area contributed by atoms with Crippen molar-refractivity contribution in [3.63, 3.8) is 0 Å². The average molecular weight is 666 g/mol. The molecule has 2 heterocycles. The van der Waals surface area contributed by atoms with Gasteiger partial charge in [0.1, 0.15) is 0 Å². The zero-order chi connectivity index (χ0) is 23.4. The number of hydrogen-bond acceptors (Lipinski definition) is 3. The quantitative estimate of drug-likeness (QED) is 0.109. The molecule has 0 saturated heterocycles. The molecule has 0 aliphatic rings. The molecule has 2 aromatic heterocycles. The molecule has 2 nitrogen and oxygen atoms in total. The van der Waals surface area contributed by atoms with Crippen LogP contribution in [0.25, 0.3) is 43.4 Å². The van der Waals surface area contributed by atoms with Crippen molar-refractivity contribution in [2.75, 3.05) is 0 Å². The topological polar surface area (TPSA) is 25.8 Å². The number of alkyl halides is 6. The molecule has 0 spiro atoms. The van der Waals surface area contributed by atoms with E-state index in [1.807, 2.05) is 35.7 Å². The van der Waals surface area contributed by atoms with Crippen LogP contribution in [-0.4, -0.2) is 10.2 Å². The summed E-state index contributed by atoms with van der Waals surface area (Å²) in [5.41, 5.74) is -3.05. The molecule has 1 radical (unpaired) electrons. The van der Waals surface area contributed by atoms with Crippen LogP contribution in [0, 0.1) is 6.07 Å². The Labute approximate surface area is 206 Å². The zero-order valence-corrected chi connectivity index (χ0v) is 20.0. The van der Waals surface area contributed by atoms with E-state index in [2.05, 4.69) is 16.3 Å². The number of rotatable bonds is 2. The van der Waals surface area contributed by atoms with E-state index in [4.69, 9.17) is 0 Å². The van der Waals surface area contributed by atoms with Crippen LogP contribution < -0.4 is 0 Å². The largest absolute Gasteiger partial charge is 0.417 e. The normalized spacial score (nSPS) is 12.2. The first-order valence-electron chi connectivity index (χ1n) is 9.56. The Morgan fingerprint density at radius 3 is 1.85 bits per heavy atom. The number of aromatic nitrogens is 2. The average Bonchev–Trinajstić information content (AvgIpc) is 3.30. The Balaban J connectivity index is 0.00000274. The molecule has 34 heavy (non-hydrogen) atoms. The molecule has 0 aliphatic heterocycles. The molecule has 5 rings (SSSR count). The fraction of sp³-hybridized carbons (Fsp3) is 0.0833. The van der Waals surface area contributed by atoms with E-state index in [0.717, 1.165) is 16.8 Å². The smallest absolute Gasteiger partial charge is 0.237 e. The summed E-state index contributed by atoms with van der Waals surface area (Å²) in [7, 11) is 0. The van der Waals surface area contributed by atoms with E-state index >= 15 is 0 Å². The number of benzene rings is 3. The molecule has 0 saturated carbocycles. The third-order valence-corrected chi connectivity index (χ3v) is 6.05. The monoisotopic (exact) mass is 666 g/mol. The van der Waals surface area contributed by atoms with Crippen LogP contribution in [0.4, 0.5) is 26.3 Å². The minimum Gasteiger partial charge on any atom is -0.237 e. The molecule has 0 bridgehead atoms. The fourth-order valence-corrected chi connectivity index (χ4v) is 4.43. The van der Waals surface area contributed by atoms with Gasteiger partial charge in [0.15, 0.2) is 0 Å². The Bertz CT molecular complexity index is 1490. The summed E-state index contributed by atoms with van der Waals surface area (Å²) in [6.45, 7) is 0. The molecule has 0 amide bonds. The van der Waals surface area contributed by atoms with Crippen LogP contribution in [0.5, 0.6) is 0 Å². The van der Waals surface area contributed by atoms with E-state index in [1.54, 1.807) is 12.1 Å². The van der Waals surface area contributed by atoms with Gasteiger partial charge in [-0.1, -0.05) is 41.3 Å². The van der Waals surface area contributed by atoms with Crippen molar-refractivity contribution < 1.29 is 46.4 Å². The van der Waals surface area contributed by atoms with E-state index < -0.39 is 23.5 Å². The molecule has 0 aliphatic carbocycles. The van der Waals surface area contributed by atoms with Crippen molar-refractivity contribution in [1.82, 2.24) is 10.2 Å². The maximum Gasteiger partial charge on any atom is 0.417 e. The SMILES string of the molecule is FC(F)(F)c1ccc(-c2nnc(-c3[c-]ccs3)c3cc4ccccc4cc23)cc1C(F)(F)F.[Ir]. The second-order valence-corrected chi connectivity index (χ2v) is 8.21. The van der Waals surface area contributed by atoms with Crippen LogP contribution in [-0.2, 0) is 32.5 Å². The van der Waals surface area contributed by atoms with Gasteiger partial charge in [0.25, 0.3) is 0 Å². The summed E-state index contributed by atoms with van der Waals surface area (Å²) >= 11 is 1.38. The van der Waals surface area contributed by atoms with Crippen molar-refractivity contribution in [2.24, 2.45) is 0 Å². The molecule has 0 unspecified atom stereocenters. The molecule has 10 heteroatoms. The number of fused-ring (bicyclic) bond motifs is 2. The minimum absolute atomic E-state index is 0. The Kier molecular flexibility index (Phi) is 6.27. The predicted molar refractivity (Wildman–Crippen MR) is 115 cm³/mol. The maximum absolute atomic E-state index is 13.5. The van der Waals surface area contributed by atoms with Gasteiger partial charge in [-0.05, 0) is 34.4 Å². The Morgan fingerprint density at radius 2 is 1.29 bits per heavy atom. The van der Waals surface area contributed by atoms with Crippen molar-refractivity contribution in [3.8, 4) is 21.8 Å². The summed E-state index contributed by atoms with van der Waals surface area (Å²) in [5, 5.41) is 13.0. The van der Waals surface area contributed by atoms with E-state index in [0.29, 0.717) is 33.5 Å². The summed E-state index contributed by atoms with van der Waals surface area (Å²) < 4.78 is 80.2. The van der Waals surface area contributed by atoms with Gasteiger partial charge in [-0.3, -0.25) is 0 Å². The fourth-order valence-electron chi connectivity index (χ4n) is 3.76. The van der Waals surface area contributed by atoms with Gasteiger partial charge in [0, 0.05) is 36.7 Å². The van der Waals surface area contributed by atoms with Crippen LogP contribution in [0.1, 0.15) is 11.1 Å². The number of thiophene rings is 1. The molecular formula is C24H11F6IrN2S-. The number of nitrogens with zero attached hydrogens (tertiary/aromatic N) is 2. The minimum atomic E-state index is -5.19. The van der Waals surface area contributed by atoms with Gasteiger partial charge >= 0.3 is 12.4 Å². The van der Waals surface area contributed by atoms with Crippen LogP contribution >= 0.6 is 11.3 Å². The number of hydrogen-bond donors (Lipinski definition) is 0. The third-order valence-electron chi connectivity index (χ3n) is 5.23. The molecule has 0 atom stereocenters. The summed E-state index contributed by atoms with van der Waals surface area (Å²) in [6.07, 6.45) is -10.3. The molecular weight excluding hydrogens is 655 g/mol. The first-order chi connectivity index (χ1) is 15.6. The standard InChI is InChI=1S/C24H11F6N2S.Ir/c25-23(26,27)18-8-7-15(12-19(18)24(28,29)30)21-16-10-13-4-1-2-5-14(13)11-17(16)22(32-31-21)20-6-3-9-33-20;/h1-5,7-12H;/q-1;. The summed E-state index contributed by atoms with van der Waals surface area (Å²) in [4.78, 5) is 0.692. The summed E-state index contributed by atoms with van der Waals surface area (Å²) in [5.74, 6) is 0. The molecule has 175 valence electrons. The van der Waals surface area contributed by atoms with E-state index in [9.17, 15) is 26.3 Å². The molecule has 5 aromatic rings. The van der Waals surface area contributed by atoms with Gasteiger partial charge in [0.2, 0.25) is 0 Å². The Morgan fingerprint density at radius 1 is 0.706 bits per heavy atom. The van der Waals surface area contributed by atoms with E-state index in [1.165, 1.54) is 11.3 Å². The molecule has 3 aromatic carbocycles. The van der Waals surface area contributed by atoms with Gasteiger partial charge < -0.3 is 0 Å². The first kappa shape index (κ1) is 24.3. The van der Waals surface area contributed by atoms with Crippen molar-refractivity contribution in [2.45, 2.75) is 12.4 Å². The predicted octanol–water partition coefficient (Wildman–Crippen LogP) is 8.01. The first-order valence-corrected chi connectivity index (χ1v) is 10.4. The van der Waals surface area contributed by atoms with Crippen LogP contribution in [0.15, 0.2) is 66.0 Å². The van der Waals surface area contributed by atoms with Crippen LogP contribution in [0.2, 0.25) is 0 Å². The molecule has 0 fully saturated rings. The Hall–Kier alpha value is -2.81. The van der Waals surface area contributed by atoms with E-state index in [-0.39, 0.29) is 31.4 Å². The maximum atomic E-state index is 13.5. The van der Waals surface area contributed by atoms with Gasteiger partial charge in [-0.25, -0.2) is 16.4 Å².